The number of ether oxygens (including phenoxy) is 1. The van der Waals surface area contributed by atoms with Crippen LogP contribution in [0.15, 0.2) is 21.5 Å². The quantitative estimate of drug-likeness (QED) is 0.703. The van der Waals surface area contributed by atoms with Gasteiger partial charge in [0.1, 0.15) is 0 Å². The molecule has 0 saturated heterocycles. The first-order valence-corrected chi connectivity index (χ1v) is 9.09. The minimum atomic E-state index is -3.62. The van der Waals surface area contributed by atoms with Crippen LogP contribution in [0.1, 0.15) is 25.0 Å². The van der Waals surface area contributed by atoms with Crippen LogP contribution in [0.2, 0.25) is 0 Å². The van der Waals surface area contributed by atoms with Crippen LogP contribution in [0.25, 0.3) is 0 Å². The normalized spacial score (nSPS) is 12.1. The molecule has 0 aliphatic heterocycles. The number of aryl methyl sites for hydroxylation is 1. The zero-order chi connectivity index (χ0) is 16.0. The molecule has 0 aromatic heterocycles. The second-order valence-corrected chi connectivity index (χ2v) is 7.28. The molecule has 0 atom stereocenters. The minimum absolute atomic E-state index is 0.185. The number of aliphatic hydroxyl groups is 1. The van der Waals surface area contributed by atoms with Crippen molar-refractivity contribution >= 4 is 26.0 Å². The van der Waals surface area contributed by atoms with Gasteiger partial charge < -0.3 is 9.84 Å². The zero-order valence-electron chi connectivity index (χ0n) is 12.6. The van der Waals surface area contributed by atoms with Gasteiger partial charge >= 0.3 is 0 Å². The maximum atomic E-state index is 12.8. The van der Waals surface area contributed by atoms with E-state index >= 15 is 0 Å². The summed E-state index contributed by atoms with van der Waals surface area (Å²) in [6.07, 6.45) is 0. The summed E-state index contributed by atoms with van der Waals surface area (Å²) < 4.78 is 32.7. The smallest absolute Gasteiger partial charge is 0.244 e. The van der Waals surface area contributed by atoms with Crippen molar-refractivity contribution in [2.24, 2.45) is 0 Å². The predicted molar refractivity (Wildman–Crippen MR) is 85.7 cm³/mol. The first-order chi connectivity index (χ1) is 9.88. The lowest BCUT2D eigenvalue weighted by Crippen LogP contribution is -2.34. The van der Waals surface area contributed by atoms with E-state index in [0.717, 1.165) is 5.56 Å². The largest absolute Gasteiger partial charge is 0.392 e. The number of halogens is 1. The van der Waals surface area contributed by atoms with Crippen molar-refractivity contribution in [2.75, 3.05) is 26.3 Å². The van der Waals surface area contributed by atoms with Crippen LogP contribution in [0.5, 0.6) is 0 Å². The lowest BCUT2D eigenvalue weighted by Gasteiger charge is -2.22. The van der Waals surface area contributed by atoms with Gasteiger partial charge in [-0.2, -0.15) is 4.31 Å². The highest BCUT2D eigenvalue weighted by molar-refractivity contribution is 9.10. The molecule has 0 fully saturated rings. The maximum Gasteiger partial charge on any atom is 0.244 e. The molecule has 0 heterocycles. The van der Waals surface area contributed by atoms with E-state index in [1.807, 2.05) is 6.92 Å². The molecule has 0 aliphatic rings. The first kappa shape index (κ1) is 18.6. The number of aliphatic hydroxyl groups excluding tert-OH is 1. The first-order valence-electron chi connectivity index (χ1n) is 6.86. The fraction of sp³-hybridized carbons (Fsp3) is 0.571. The van der Waals surface area contributed by atoms with Crippen LogP contribution in [0, 0.1) is 6.92 Å². The van der Waals surface area contributed by atoms with Crippen molar-refractivity contribution in [3.63, 3.8) is 0 Å². The van der Waals surface area contributed by atoms with E-state index in [1.165, 1.54) is 10.4 Å². The summed E-state index contributed by atoms with van der Waals surface area (Å²) in [6, 6.07) is 3.27. The molecule has 1 aromatic rings. The van der Waals surface area contributed by atoms with E-state index in [0.29, 0.717) is 36.3 Å². The molecule has 0 saturated carbocycles. The van der Waals surface area contributed by atoms with E-state index < -0.39 is 10.0 Å². The molecule has 1 aromatic carbocycles. The van der Waals surface area contributed by atoms with E-state index in [1.54, 1.807) is 19.9 Å². The Hall–Kier alpha value is -0.470. The van der Waals surface area contributed by atoms with Crippen LogP contribution in [-0.4, -0.2) is 44.1 Å². The minimum Gasteiger partial charge on any atom is -0.392 e. The summed E-state index contributed by atoms with van der Waals surface area (Å²) >= 11 is 3.34. The van der Waals surface area contributed by atoms with Gasteiger partial charge in [0.25, 0.3) is 0 Å². The van der Waals surface area contributed by atoms with E-state index in [-0.39, 0.29) is 11.5 Å². The number of benzene rings is 1. The Kier molecular flexibility index (Phi) is 7.29. The molecule has 5 nitrogen and oxygen atoms in total. The van der Waals surface area contributed by atoms with Crippen molar-refractivity contribution in [1.82, 2.24) is 4.31 Å². The van der Waals surface area contributed by atoms with Crippen molar-refractivity contribution in [2.45, 2.75) is 32.3 Å². The average Bonchev–Trinajstić information content (AvgIpc) is 2.45. The molecule has 7 heteroatoms. The lowest BCUT2D eigenvalue weighted by molar-refractivity contribution is 0.135. The Morgan fingerprint density at radius 3 is 2.52 bits per heavy atom. The third-order valence-electron chi connectivity index (χ3n) is 3.12. The van der Waals surface area contributed by atoms with Crippen molar-refractivity contribution in [1.29, 1.82) is 0 Å². The monoisotopic (exact) mass is 379 g/mol. The second-order valence-electron chi connectivity index (χ2n) is 4.58. The third-order valence-corrected chi connectivity index (χ3v) is 6.44. The standard InChI is InChI=1S/C14H22BrNO4S/c1-4-16(6-7-20-5-2)21(18,19)13-9-12(10-17)8-11(3)14(13)15/h8-9,17H,4-7,10H2,1-3H3. The topological polar surface area (TPSA) is 66.8 Å². The summed E-state index contributed by atoms with van der Waals surface area (Å²) in [5.41, 5.74) is 1.36. The van der Waals surface area contributed by atoms with E-state index in [9.17, 15) is 13.5 Å². The Balaban J connectivity index is 3.19. The highest BCUT2D eigenvalue weighted by Crippen LogP contribution is 2.29. The Labute approximate surface area is 135 Å². The van der Waals surface area contributed by atoms with Crippen LogP contribution < -0.4 is 0 Å². The molecule has 1 N–H and O–H groups in total. The number of sulfonamides is 1. The molecule has 0 radical (unpaired) electrons. The second kappa shape index (κ2) is 8.24. The SMILES string of the molecule is CCOCCN(CC)S(=O)(=O)c1cc(CO)cc(C)c1Br. The molecule has 0 bridgehead atoms. The molecular formula is C14H22BrNO4S. The Bertz CT molecular complexity index is 575. The van der Waals surface area contributed by atoms with Crippen LogP contribution in [-0.2, 0) is 21.4 Å². The highest BCUT2D eigenvalue weighted by atomic mass is 79.9. The van der Waals surface area contributed by atoms with E-state index in [4.69, 9.17) is 4.74 Å². The fourth-order valence-electron chi connectivity index (χ4n) is 1.99. The van der Waals surface area contributed by atoms with Crippen molar-refractivity contribution in [3.05, 3.63) is 27.7 Å². The number of likely N-dealkylation sites (N-methyl/N-ethyl adjacent to an activating group) is 1. The summed E-state index contributed by atoms with van der Waals surface area (Å²) in [7, 11) is -3.62. The molecule has 0 aliphatic carbocycles. The van der Waals surface area contributed by atoms with E-state index in [2.05, 4.69) is 15.9 Å². The Morgan fingerprint density at radius 2 is 2.00 bits per heavy atom. The van der Waals surface area contributed by atoms with Gasteiger partial charge in [-0.15, -0.1) is 0 Å². The summed E-state index contributed by atoms with van der Waals surface area (Å²) in [5, 5.41) is 9.27. The van der Waals surface area contributed by atoms with Gasteiger partial charge in [-0.3, -0.25) is 0 Å². The number of rotatable bonds is 8. The fourth-order valence-corrected chi connectivity index (χ4v) is 4.45. The number of hydrogen-bond donors (Lipinski definition) is 1. The highest BCUT2D eigenvalue weighted by Gasteiger charge is 2.26. The molecule has 120 valence electrons. The van der Waals surface area contributed by atoms with Crippen LogP contribution >= 0.6 is 15.9 Å². The van der Waals surface area contributed by atoms with Crippen LogP contribution in [0.3, 0.4) is 0 Å². The molecule has 0 spiro atoms. The van der Waals surface area contributed by atoms with Gasteiger partial charge in [-0.05, 0) is 47.0 Å². The van der Waals surface area contributed by atoms with Gasteiger partial charge in [-0.1, -0.05) is 13.0 Å². The van der Waals surface area contributed by atoms with Gasteiger partial charge in [0, 0.05) is 24.2 Å². The third kappa shape index (κ3) is 4.50. The summed E-state index contributed by atoms with van der Waals surface area (Å²) in [6.45, 7) is 6.86. The van der Waals surface area contributed by atoms with Gasteiger partial charge in [0.15, 0.2) is 0 Å². The number of nitrogens with zero attached hydrogens (tertiary/aromatic N) is 1. The molecule has 0 unspecified atom stereocenters. The van der Waals surface area contributed by atoms with Crippen LogP contribution in [0.4, 0.5) is 0 Å². The molecule has 1 rings (SSSR count). The van der Waals surface area contributed by atoms with Gasteiger partial charge in [0.05, 0.1) is 18.1 Å². The van der Waals surface area contributed by atoms with Gasteiger partial charge in [-0.25, -0.2) is 8.42 Å². The van der Waals surface area contributed by atoms with Gasteiger partial charge in [0.2, 0.25) is 10.0 Å². The summed E-state index contributed by atoms with van der Waals surface area (Å²) in [4.78, 5) is 0.185. The lowest BCUT2D eigenvalue weighted by atomic mass is 10.1. The Morgan fingerprint density at radius 1 is 1.33 bits per heavy atom. The van der Waals surface area contributed by atoms with Crippen molar-refractivity contribution < 1.29 is 18.3 Å². The zero-order valence-corrected chi connectivity index (χ0v) is 15.0. The average molecular weight is 380 g/mol. The molecule has 21 heavy (non-hydrogen) atoms. The molecule has 0 amide bonds. The maximum absolute atomic E-state index is 12.8. The number of hydrogen-bond acceptors (Lipinski definition) is 4. The predicted octanol–water partition coefficient (Wildman–Crippen LogP) is 2.30. The van der Waals surface area contributed by atoms with Crippen molar-refractivity contribution in [3.8, 4) is 0 Å². The molecular weight excluding hydrogens is 358 g/mol. The summed E-state index contributed by atoms with van der Waals surface area (Å²) in [5.74, 6) is 0.